The number of nitrogens with zero attached hydrogens (tertiary/aromatic N) is 1. The molecule has 0 saturated heterocycles. The summed E-state index contributed by atoms with van der Waals surface area (Å²) in [6.07, 6.45) is 3.13. The molecule has 0 unspecified atom stereocenters. The molecule has 4 nitrogen and oxygen atoms in total. The van der Waals surface area contributed by atoms with Crippen LogP contribution in [0.15, 0.2) is 54.9 Å². The largest absolute Gasteiger partial charge is 0.354 e. The van der Waals surface area contributed by atoms with Gasteiger partial charge in [0, 0.05) is 17.6 Å². The fourth-order valence-corrected chi connectivity index (χ4v) is 2.90. The van der Waals surface area contributed by atoms with Crippen LogP contribution in [0.3, 0.4) is 0 Å². The third-order valence-electron chi connectivity index (χ3n) is 4.05. The van der Waals surface area contributed by atoms with Gasteiger partial charge in [0.25, 0.3) is 5.91 Å². The van der Waals surface area contributed by atoms with Crippen molar-refractivity contribution in [3.05, 3.63) is 82.9 Å². The highest BCUT2D eigenvalue weighted by molar-refractivity contribution is 6.05. The predicted octanol–water partition coefficient (Wildman–Crippen LogP) is 5.14. The standard InChI is InChI=1S/C21H20FN3O/c1-13-8-14(2)20(15(3)9-13)25-21(26)16-10-19(12-23-11-16)24-18-6-4-17(22)5-7-18/h4-12,24H,1-3H3,(H,25,26). The Morgan fingerprint density at radius 3 is 2.23 bits per heavy atom. The lowest BCUT2D eigenvalue weighted by molar-refractivity contribution is 0.102. The number of pyridine rings is 1. The van der Waals surface area contributed by atoms with Gasteiger partial charge in [-0.1, -0.05) is 17.7 Å². The molecule has 0 aliphatic carbocycles. The number of carbonyl (C=O) groups excluding carboxylic acids is 1. The number of anilines is 3. The summed E-state index contributed by atoms with van der Waals surface area (Å²) in [5, 5.41) is 6.08. The summed E-state index contributed by atoms with van der Waals surface area (Å²) in [6.45, 7) is 5.97. The zero-order valence-electron chi connectivity index (χ0n) is 14.9. The van der Waals surface area contributed by atoms with Gasteiger partial charge in [0.2, 0.25) is 0 Å². The van der Waals surface area contributed by atoms with Crippen LogP contribution in [0.5, 0.6) is 0 Å². The number of aromatic nitrogens is 1. The van der Waals surface area contributed by atoms with Crippen molar-refractivity contribution in [2.24, 2.45) is 0 Å². The van der Waals surface area contributed by atoms with Gasteiger partial charge in [-0.25, -0.2) is 4.39 Å². The molecule has 0 spiro atoms. The molecule has 0 atom stereocenters. The van der Waals surface area contributed by atoms with Gasteiger partial charge < -0.3 is 10.6 Å². The third kappa shape index (κ3) is 4.06. The second-order valence-corrected chi connectivity index (χ2v) is 6.32. The molecule has 1 amide bonds. The van der Waals surface area contributed by atoms with Crippen molar-refractivity contribution in [3.63, 3.8) is 0 Å². The molecule has 132 valence electrons. The summed E-state index contributed by atoms with van der Waals surface area (Å²) in [5.74, 6) is -0.527. The Hall–Kier alpha value is -3.21. The molecule has 3 aromatic rings. The summed E-state index contributed by atoms with van der Waals surface area (Å²) >= 11 is 0. The van der Waals surface area contributed by atoms with Gasteiger partial charge in [0.05, 0.1) is 17.4 Å². The fourth-order valence-electron chi connectivity index (χ4n) is 2.90. The molecule has 1 aromatic heterocycles. The Kier molecular flexibility index (Phi) is 4.98. The second kappa shape index (κ2) is 7.35. The topological polar surface area (TPSA) is 54.0 Å². The monoisotopic (exact) mass is 349 g/mol. The van der Waals surface area contributed by atoms with Gasteiger partial charge in [-0.2, -0.15) is 0 Å². The van der Waals surface area contributed by atoms with Gasteiger partial charge in [0.15, 0.2) is 0 Å². The van der Waals surface area contributed by atoms with E-state index in [1.165, 1.54) is 18.3 Å². The van der Waals surface area contributed by atoms with E-state index in [1.807, 2.05) is 32.9 Å². The number of rotatable bonds is 4. The van der Waals surface area contributed by atoms with E-state index in [0.717, 1.165) is 28.1 Å². The minimum atomic E-state index is -0.300. The first-order valence-corrected chi connectivity index (χ1v) is 8.29. The highest BCUT2D eigenvalue weighted by Gasteiger charge is 2.11. The van der Waals surface area contributed by atoms with E-state index < -0.39 is 0 Å². The average Bonchev–Trinajstić information content (AvgIpc) is 2.60. The molecule has 2 N–H and O–H groups in total. The number of halogens is 1. The zero-order valence-corrected chi connectivity index (χ0v) is 14.9. The van der Waals surface area contributed by atoms with E-state index in [0.29, 0.717) is 11.3 Å². The third-order valence-corrected chi connectivity index (χ3v) is 4.05. The maximum atomic E-state index is 13.0. The van der Waals surface area contributed by atoms with Crippen molar-refractivity contribution in [2.45, 2.75) is 20.8 Å². The van der Waals surface area contributed by atoms with E-state index in [-0.39, 0.29) is 11.7 Å². The molecule has 0 fully saturated rings. The summed E-state index contributed by atoms with van der Waals surface area (Å²) in [4.78, 5) is 16.7. The zero-order chi connectivity index (χ0) is 18.7. The Labute approximate surface area is 152 Å². The SMILES string of the molecule is Cc1cc(C)c(NC(=O)c2cncc(Nc3ccc(F)cc3)c2)c(C)c1. The Balaban J connectivity index is 1.79. The molecular weight excluding hydrogens is 329 g/mol. The van der Waals surface area contributed by atoms with E-state index in [9.17, 15) is 9.18 Å². The lowest BCUT2D eigenvalue weighted by Gasteiger charge is -2.13. The lowest BCUT2D eigenvalue weighted by atomic mass is 10.0. The number of aryl methyl sites for hydroxylation is 3. The van der Waals surface area contributed by atoms with Crippen molar-refractivity contribution in [1.29, 1.82) is 0 Å². The summed E-state index contributed by atoms with van der Waals surface area (Å²) in [7, 11) is 0. The first-order valence-electron chi connectivity index (χ1n) is 8.29. The first-order chi connectivity index (χ1) is 12.4. The Morgan fingerprint density at radius 2 is 1.58 bits per heavy atom. The van der Waals surface area contributed by atoms with E-state index >= 15 is 0 Å². The number of amides is 1. The number of carbonyl (C=O) groups is 1. The van der Waals surface area contributed by atoms with Gasteiger partial charge >= 0.3 is 0 Å². The average molecular weight is 349 g/mol. The van der Waals surface area contributed by atoms with Gasteiger partial charge in [-0.3, -0.25) is 9.78 Å². The van der Waals surface area contributed by atoms with Crippen LogP contribution >= 0.6 is 0 Å². The quantitative estimate of drug-likeness (QED) is 0.685. The van der Waals surface area contributed by atoms with Crippen molar-refractivity contribution in [1.82, 2.24) is 4.98 Å². The van der Waals surface area contributed by atoms with Crippen LogP contribution < -0.4 is 10.6 Å². The van der Waals surface area contributed by atoms with E-state index in [4.69, 9.17) is 0 Å². The van der Waals surface area contributed by atoms with Crippen LogP contribution in [0.4, 0.5) is 21.5 Å². The second-order valence-electron chi connectivity index (χ2n) is 6.32. The minimum absolute atomic E-state index is 0.227. The smallest absolute Gasteiger partial charge is 0.257 e. The first kappa shape index (κ1) is 17.6. The molecule has 2 aromatic carbocycles. The lowest BCUT2D eigenvalue weighted by Crippen LogP contribution is -2.14. The highest BCUT2D eigenvalue weighted by atomic mass is 19.1. The fraction of sp³-hybridized carbons (Fsp3) is 0.143. The van der Waals surface area contributed by atoms with Crippen molar-refractivity contribution >= 4 is 23.0 Å². The van der Waals surface area contributed by atoms with Gasteiger partial charge in [-0.15, -0.1) is 0 Å². The van der Waals surface area contributed by atoms with Crippen LogP contribution in [0.1, 0.15) is 27.0 Å². The van der Waals surface area contributed by atoms with Crippen LogP contribution in [0, 0.1) is 26.6 Å². The summed E-state index contributed by atoms with van der Waals surface area (Å²) in [6, 6.07) is 11.8. The molecular formula is C21H20FN3O. The Bertz CT molecular complexity index is 929. The highest BCUT2D eigenvalue weighted by Crippen LogP contribution is 2.23. The molecule has 26 heavy (non-hydrogen) atoms. The van der Waals surface area contributed by atoms with Crippen LogP contribution in [0.25, 0.3) is 0 Å². The van der Waals surface area contributed by atoms with Crippen molar-refractivity contribution in [3.8, 4) is 0 Å². The number of hydrogen-bond acceptors (Lipinski definition) is 3. The molecule has 5 heteroatoms. The molecule has 0 radical (unpaired) electrons. The summed E-state index contributed by atoms with van der Waals surface area (Å²) in [5.41, 5.74) is 5.82. The molecule has 0 bridgehead atoms. The predicted molar refractivity (Wildman–Crippen MR) is 103 cm³/mol. The van der Waals surface area contributed by atoms with E-state index in [2.05, 4.69) is 15.6 Å². The molecule has 0 aliphatic heterocycles. The summed E-state index contributed by atoms with van der Waals surface area (Å²) < 4.78 is 13.0. The molecule has 0 saturated carbocycles. The van der Waals surface area contributed by atoms with Gasteiger partial charge in [0.1, 0.15) is 5.82 Å². The van der Waals surface area contributed by atoms with Crippen LogP contribution in [0.2, 0.25) is 0 Å². The Morgan fingerprint density at radius 1 is 0.923 bits per heavy atom. The van der Waals surface area contributed by atoms with Crippen LogP contribution in [-0.4, -0.2) is 10.9 Å². The molecule has 1 heterocycles. The van der Waals surface area contributed by atoms with Gasteiger partial charge in [-0.05, 0) is 62.2 Å². The minimum Gasteiger partial charge on any atom is -0.354 e. The molecule has 3 rings (SSSR count). The number of benzene rings is 2. The van der Waals surface area contributed by atoms with E-state index in [1.54, 1.807) is 24.4 Å². The maximum Gasteiger partial charge on any atom is 0.257 e. The van der Waals surface area contributed by atoms with Crippen molar-refractivity contribution in [2.75, 3.05) is 10.6 Å². The maximum absolute atomic E-state index is 13.0. The molecule has 0 aliphatic rings. The normalized spacial score (nSPS) is 10.5. The number of nitrogens with one attached hydrogen (secondary N) is 2. The van der Waals surface area contributed by atoms with Crippen LogP contribution in [-0.2, 0) is 0 Å². The number of hydrogen-bond donors (Lipinski definition) is 2. The van der Waals surface area contributed by atoms with Crippen molar-refractivity contribution < 1.29 is 9.18 Å².